The molecule has 0 spiro atoms. The van der Waals surface area contributed by atoms with E-state index in [1.807, 2.05) is 20.8 Å². The van der Waals surface area contributed by atoms with Gasteiger partial charge in [-0.3, -0.25) is 4.79 Å². The summed E-state index contributed by atoms with van der Waals surface area (Å²) in [5.41, 5.74) is 0.465. The van der Waals surface area contributed by atoms with E-state index >= 15 is 0 Å². The first-order valence-electron chi connectivity index (χ1n) is 4.45. The lowest BCUT2D eigenvalue weighted by Gasteiger charge is -2.36. The first kappa shape index (κ1) is 10.8. The Labute approximate surface area is 82.6 Å². The summed E-state index contributed by atoms with van der Waals surface area (Å²) in [4.78, 5) is 21.6. The third kappa shape index (κ3) is 1.95. The molecule has 0 saturated carbocycles. The molecule has 0 aromatic heterocycles. The summed E-state index contributed by atoms with van der Waals surface area (Å²) in [6, 6.07) is 0. The van der Waals surface area contributed by atoms with Gasteiger partial charge in [-0.05, 0) is 6.92 Å². The number of ether oxygens (including phenoxy) is 1. The Morgan fingerprint density at radius 2 is 2.21 bits per heavy atom. The number of esters is 1. The van der Waals surface area contributed by atoms with E-state index in [0.717, 1.165) is 5.57 Å². The minimum atomic E-state index is -0.953. The Morgan fingerprint density at radius 3 is 2.71 bits per heavy atom. The fraction of sp³-hybridized carbons (Fsp3) is 0.600. The molecule has 0 amide bonds. The third-order valence-corrected chi connectivity index (χ3v) is 2.77. The second-order valence-electron chi connectivity index (χ2n) is 4.07. The lowest BCUT2D eigenvalue weighted by atomic mass is 9.77. The Morgan fingerprint density at radius 1 is 1.64 bits per heavy atom. The lowest BCUT2D eigenvalue weighted by Crippen LogP contribution is -2.39. The Bertz CT molecular complexity index is 301. The number of rotatable bonds is 2. The van der Waals surface area contributed by atoms with Crippen molar-refractivity contribution in [2.75, 3.05) is 0 Å². The zero-order valence-corrected chi connectivity index (χ0v) is 8.53. The van der Waals surface area contributed by atoms with Crippen LogP contribution in [0.5, 0.6) is 0 Å². The first-order valence-corrected chi connectivity index (χ1v) is 4.45. The average molecular weight is 198 g/mol. The largest absolute Gasteiger partial charge is 0.481 e. The maximum atomic E-state index is 11.1. The molecule has 1 N–H and O–H groups in total. The Kier molecular flexibility index (Phi) is 2.64. The zero-order valence-electron chi connectivity index (χ0n) is 8.53. The molecule has 1 aliphatic heterocycles. The van der Waals surface area contributed by atoms with Crippen molar-refractivity contribution >= 4 is 11.9 Å². The van der Waals surface area contributed by atoms with Gasteiger partial charge in [-0.15, -0.1) is 0 Å². The van der Waals surface area contributed by atoms with Gasteiger partial charge in [0.25, 0.3) is 0 Å². The summed E-state index contributed by atoms with van der Waals surface area (Å²) < 4.78 is 4.99. The van der Waals surface area contributed by atoms with Gasteiger partial charge in [-0.1, -0.05) is 19.4 Å². The molecule has 14 heavy (non-hydrogen) atoms. The number of carbonyl (C=O) groups is 2. The molecular weight excluding hydrogens is 184 g/mol. The molecule has 0 aromatic carbocycles. The monoisotopic (exact) mass is 198 g/mol. The van der Waals surface area contributed by atoms with Crippen molar-refractivity contribution in [3.05, 3.63) is 11.6 Å². The van der Waals surface area contributed by atoms with Crippen LogP contribution in [-0.4, -0.2) is 23.1 Å². The van der Waals surface area contributed by atoms with Crippen LogP contribution in [0.4, 0.5) is 0 Å². The molecule has 1 atom stereocenters. The van der Waals surface area contributed by atoms with Crippen LogP contribution in [0.1, 0.15) is 27.2 Å². The summed E-state index contributed by atoms with van der Waals surface area (Å²) in [7, 11) is 0. The van der Waals surface area contributed by atoms with Crippen LogP contribution in [0.2, 0.25) is 0 Å². The maximum absolute atomic E-state index is 11.1. The van der Waals surface area contributed by atoms with E-state index in [1.54, 1.807) is 0 Å². The van der Waals surface area contributed by atoms with Gasteiger partial charge < -0.3 is 9.84 Å². The normalized spacial score (nSPS) is 25.2. The molecule has 1 unspecified atom stereocenters. The number of hydrogen-bond donors (Lipinski definition) is 1. The van der Waals surface area contributed by atoms with Crippen LogP contribution >= 0.6 is 0 Å². The fourth-order valence-corrected chi connectivity index (χ4v) is 1.39. The molecule has 1 aliphatic rings. The van der Waals surface area contributed by atoms with Crippen molar-refractivity contribution in [1.29, 1.82) is 0 Å². The molecule has 0 aromatic rings. The van der Waals surface area contributed by atoms with E-state index in [1.165, 1.54) is 6.08 Å². The molecule has 1 rings (SSSR count). The predicted octanol–water partition coefficient (Wildman–Crippen LogP) is 1.36. The van der Waals surface area contributed by atoms with Crippen molar-refractivity contribution in [3.63, 3.8) is 0 Å². The second-order valence-corrected chi connectivity index (χ2v) is 4.07. The molecule has 1 heterocycles. The number of carbonyl (C=O) groups excluding carboxylic acids is 1. The van der Waals surface area contributed by atoms with Gasteiger partial charge >= 0.3 is 11.9 Å². The number of cyclic esters (lactones) is 1. The van der Waals surface area contributed by atoms with E-state index in [2.05, 4.69) is 0 Å². The number of aliphatic carboxylic acids is 1. The standard InChI is InChI=1S/C10H14O4/c1-6-4-9(13)14-7(5-8(11)12)10(6,2)3/h4,7H,5H2,1-3H3,(H,11,12). The van der Waals surface area contributed by atoms with Crippen LogP contribution in [0.3, 0.4) is 0 Å². The quantitative estimate of drug-likeness (QED) is 0.680. The highest BCUT2D eigenvalue weighted by Crippen LogP contribution is 2.36. The van der Waals surface area contributed by atoms with Gasteiger partial charge in [0.05, 0.1) is 6.42 Å². The summed E-state index contributed by atoms with van der Waals surface area (Å²) in [6.45, 7) is 5.56. The molecule has 0 radical (unpaired) electrons. The van der Waals surface area contributed by atoms with Crippen LogP contribution in [-0.2, 0) is 14.3 Å². The molecular formula is C10H14O4. The zero-order chi connectivity index (χ0) is 10.9. The summed E-state index contributed by atoms with van der Waals surface area (Å²) in [5, 5.41) is 8.66. The SMILES string of the molecule is CC1=CC(=O)OC(CC(=O)O)C1(C)C. The van der Waals surface area contributed by atoms with Gasteiger partial charge in [-0.2, -0.15) is 0 Å². The molecule has 0 fully saturated rings. The Hall–Kier alpha value is -1.32. The lowest BCUT2D eigenvalue weighted by molar-refractivity contribution is -0.155. The molecule has 0 bridgehead atoms. The minimum Gasteiger partial charge on any atom is -0.481 e. The van der Waals surface area contributed by atoms with Crippen molar-refractivity contribution in [2.45, 2.75) is 33.3 Å². The molecule has 4 heteroatoms. The molecule has 0 aliphatic carbocycles. The fourth-order valence-electron chi connectivity index (χ4n) is 1.39. The number of hydrogen-bond acceptors (Lipinski definition) is 3. The summed E-state index contributed by atoms with van der Waals surface area (Å²) in [5.74, 6) is -1.40. The predicted molar refractivity (Wildman–Crippen MR) is 49.7 cm³/mol. The average Bonchev–Trinajstić information content (AvgIpc) is 1.99. The number of carboxylic acid groups (broad SMARTS) is 1. The third-order valence-electron chi connectivity index (χ3n) is 2.77. The molecule has 4 nitrogen and oxygen atoms in total. The van der Waals surface area contributed by atoms with E-state index in [4.69, 9.17) is 9.84 Å². The Balaban J connectivity index is 2.92. The molecule has 78 valence electrons. The van der Waals surface area contributed by atoms with E-state index in [0.29, 0.717) is 0 Å². The minimum absolute atomic E-state index is 0.149. The first-order chi connectivity index (χ1) is 6.34. The van der Waals surface area contributed by atoms with Crippen molar-refractivity contribution in [3.8, 4) is 0 Å². The van der Waals surface area contributed by atoms with Crippen LogP contribution < -0.4 is 0 Å². The highest BCUT2D eigenvalue weighted by molar-refractivity contribution is 5.84. The topological polar surface area (TPSA) is 63.6 Å². The second kappa shape index (κ2) is 3.44. The van der Waals surface area contributed by atoms with Crippen molar-refractivity contribution in [1.82, 2.24) is 0 Å². The van der Waals surface area contributed by atoms with E-state index < -0.39 is 23.5 Å². The van der Waals surface area contributed by atoms with E-state index in [9.17, 15) is 9.59 Å². The van der Waals surface area contributed by atoms with Gasteiger partial charge in [0, 0.05) is 11.5 Å². The van der Waals surface area contributed by atoms with Gasteiger partial charge in [0.2, 0.25) is 0 Å². The van der Waals surface area contributed by atoms with Crippen LogP contribution in [0.25, 0.3) is 0 Å². The van der Waals surface area contributed by atoms with Crippen LogP contribution in [0, 0.1) is 5.41 Å². The van der Waals surface area contributed by atoms with Gasteiger partial charge in [0.1, 0.15) is 6.10 Å². The smallest absolute Gasteiger partial charge is 0.331 e. The summed E-state index contributed by atoms with van der Waals surface area (Å²) in [6.07, 6.45) is 0.694. The maximum Gasteiger partial charge on any atom is 0.331 e. The van der Waals surface area contributed by atoms with Crippen molar-refractivity contribution < 1.29 is 19.4 Å². The van der Waals surface area contributed by atoms with Gasteiger partial charge in [-0.25, -0.2) is 4.79 Å². The van der Waals surface area contributed by atoms with Gasteiger partial charge in [0.15, 0.2) is 0 Å². The highest BCUT2D eigenvalue weighted by atomic mass is 16.5. The van der Waals surface area contributed by atoms with Crippen LogP contribution in [0.15, 0.2) is 11.6 Å². The van der Waals surface area contributed by atoms with Crippen molar-refractivity contribution in [2.24, 2.45) is 5.41 Å². The molecule has 0 saturated heterocycles. The highest BCUT2D eigenvalue weighted by Gasteiger charge is 2.38. The van der Waals surface area contributed by atoms with E-state index in [-0.39, 0.29) is 6.42 Å². The summed E-state index contributed by atoms with van der Waals surface area (Å²) >= 11 is 0. The number of carboxylic acids is 1.